The summed E-state index contributed by atoms with van der Waals surface area (Å²) in [5, 5.41) is 20.2. The predicted octanol–water partition coefficient (Wildman–Crippen LogP) is 6.01. The fourth-order valence-electron chi connectivity index (χ4n) is 3.24. The molecule has 0 aliphatic rings. The molecule has 184 valence electrons. The van der Waals surface area contributed by atoms with Crippen molar-refractivity contribution < 1.29 is 14.7 Å². The SMILES string of the molecule is CC(=NNC(=O)c1ccc(C(=O)NCCc2cccnc2)s1)c1csc(-c2ccc(Cl)c(Cl)c2)c1O. The number of pyridine rings is 1. The second-order valence-corrected chi connectivity index (χ2v) is 10.4. The van der Waals surface area contributed by atoms with Crippen LogP contribution in [0, 0.1) is 0 Å². The van der Waals surface area contributed by atoms with Crippen molar-refractivity contribution in [1.82, 2.24) is 15.7 Å². The highest BCUT2D eigenvalue weighted by atomic mass is 35.5. The highest BCUT2D eigenvalue weighted by molar-refractivity contribution is 7.16. The summed E-state index contributed by atoms with van der Waals surface area (Å²) in [4.78, 5) is 30.4. The first-order valence-electron chi connectivity index (χ1n) is 10.7. The number of nitrogens with one attached hydrogen (secondary N) is 2. The summed E-state index contributed by atoms with van der Waals surface area (Å²) in [7, 11) is 0. The number of hydrazone groups is 1. The largest absolute Gasteiger partial charge is 0.506 e. The number of aromatic nitrogens is 1. The standard InChI is InChI=1S/C25H20Cl2N4O3S2/c1-14(17-13-35-23(22(17)32)16-4-5-18(26)19(27)11-16)30-31-25(34)21-7-6-20(36-21)24(33)29-10-8-15-3-2-9-28-12-15/h2-7,9,11-13,32H,8,10H2,1H3,(H,29,33)(H,31,34). The quantitative estimate of drug-likeness (QED) is 0.182. The maximum Gasteiger partial charge on any atom is 0.281 e. The van der Waals surface area contributed by atoms with E-state index in [1.54, 1.807) is 55.0 Å². The van der Waals surface area contributed by atoms with Crippen molar-refractivity contribution in [3.63, 3.8) is 0 Å². The lowest BCUT2D eigenvalue weighted by Gasteiger charge is -2.04. The number of carbonyl (C=O) groups is 2. The third-order valence-electron chi connectivity index (χ3n) is 5.14. The van der Waals surface area contributed by atoms with Crippen LogP contribution in [0.25, 0.3) is 10.4 Å². The Morgan fingerprint density at radius 1 is 1.08 bits per heavy atom. The molecule has 3 heterocycles. The first-order valence-corrected chi connectivity index (χ1v) is 13.2. The third kappa shape index (κ3) is 6.11. The first kappa shape index (κ1) is 25.8. The summed E-state index contributed by atoms with van der Waals surface area (Å²) in [5.74, 6) is -0.663. The Hall–Kier alpha value is -3.24. The van der Waals surface area contributed by atoms with Gasteiger partial charge in [0.2, 0.25) is 0 Å². The van der Waals surface area contributed by atoms with Gasteiger partial charge in [0.1, 0.15) is 5.75 Å². The van der Waals surface area contributed by atoms with E-state index in [0.29, 0.717) is 48.9 Å². The minimum atomic E-state index is -0.451. The van der Waals surface area contributed by atoms with Gasteiger partial charge < -0.3 is 10.4 Å². The number of rotatable bonds is 8. The molecule has 0 saturated heterocycles. The minimum Gasteiger partial charge on any atom is -0.506 e. The van der Waals surface area contributed by atoms with Gasteiger partial charge in [-0.05, 0) is 54.8 Å². The summed E-state index contributed by atoms with van der Waals surface area (Å²) >= 11 is 14.5. The van der Waals surface area contributed by atoms with Crippen molar-refractivity contribution in [1.29, 1.82) is 0 Å². The van der Waals surface area contributed by atoms with E-state index in [1.807, 2.05) is 12.1 Å². The Bertz CT molecular complexity index is 1430. The number of hydrogen-bond acceptors (Lipinski definition) is 7. The zero-order valence-electron chi connectivity index (χ0n) is 18.9. The third-order valence-corrected chi connectivity index (χ3v) is 7.98. The van der Waals surface area contributed by atoms with E-state index in [4.69, 9.17) is 23.2 Å². The van der Waals surface area contributed by atoms with Crippen molar-refractivity contribution in [3.8, 4) is 16.2 Å². The Kier molecular flexibility index (Phi) is 8.37. The summed E-state index contributed by atoms with van der Waals surface area (Å²) < 4.78 is 0. The summed E-state index contributed by atoms with van der Waals surface area (Å²) in [5.41, 5.74) is 5.14. The van der Waals surface area contributed by atoms with Gasteiger partial charge in [0.05, 0.1) is 36.0 Å². The molecule has 3 N–H and O–H groups in total. The molecular weight excluding hydrogens is 539 g/mol. The molecule has 7 nitrogen and oxygen atoms in total. The van der Waals surface area contributed by atoms with E-state index in [2.05, 4.69) is 20.8 Å². The Labute approximate surface area is 225 Å². The van der Waals surface area contributed by atoms with E-state index in [-0.39, 0.29) is 11.7 Å². The number of thiophene rings is 2. The second kappa shape index (κ2) is 11.7. The highest BCUT2D eigenvalue weighted by Gasteiger charge is 2.17. The van der Waals surface area contributed by atoms with E-state index < -0.39 is 5.91 Å². The second-order valence-electron chi connectivity index (χ2n) is 7.63. The molecule has 0 fully saturated rings. The average molecular weight is 560 g/mol. The van der Waals surface area contributed by atoms with Crippen molar-refractivity contribution in [2.24, 2.45) is 5.10 Å². The topological polar surface area (TPSA) is 104 Å². The van der Waals surface area contributed by atoms with Gasteiger partial charge in [0, 0.05) is 24.3 Å². The molecule has 0 saturated carbocycles. The van der Waals surface area contributed by atoms with E-state index in [9.17, 15) is 14.7 Å². The smallest absolute Gasteiger partial charge is 0.281 e. The Balaban J connectivity index is 1.36. The lowest BCUT2D eigenvalue weighted by Crippen LogP contribution is -2.24. The summed E-state index contributed by atoms with van der Waals surface area (Å²) in [6.07, 6.45) is 4.12. The Morgan fingerprint density at radius 2 is 1.86 bits per heavy atom. The van der Waals surface area contributed by atoms with Gasteiger partial charge in [-0.1, -0.05) is 35.3 Å². The van der Waals surface area contributed by atoms with Crippen molar-refractivity contribution in [2.45, 2.75) is 13.3 Å². The number of halogens is 2. The van der Waals surface area contributed by atoms with Crippen LogP contribution < -0.4 is 10.7 Å². The van der Waals surface area contributed by atoms with Gasteiger partial charge in [-0.25, -0.2) is 5.43 Å². The number of amides is 2. The van der Waals surface area contributed by atoms with Crippen molar-refractivity contribution >= 4 is 63.4 Å². The van der Waals surface area contributed by atoms with Crippen LogP contribution >= 0.6 is 45.9 Å². The molecule has 0 spiro atoms. The van der Waals surface area contributed by atoms with Crippen LogP contribution in [-0.2, 0) is 6.42 Å². The van der Waals surface area contributed by atoms with E-state index >= 15 is 0 Å². The number of hydrogen-bond donors (Lipinski definition) is 3. The fraction of sp³-hybridized carbons (Fsp3) is 0.120. The van der Waals surface area contributed by atoms with E-state index in [0.717, 1.165) is 22.5 Å². The van der Waals surface area contributed by atoms with E-state index in [1.165, 1.54) is 11.3 Å². The number of benzene rings is 1. The molecule has 0 radical (unpaired) electrons. The molecule has 3 aromatic heterocycles. The van der Waals surface area contributed by atoms with Crippen molar-refractivity contribution in [2.75, 3.05) is 6.54 Å². The average Bonchev–Trinajstić information content (AvgIpc) is 3.52. The van der Waals surface area contributed by atoms with Gasteiger partial charge >= 0.3 is 0 Å². The molecule has 0 atom stereocenters. The summed E-state index contributed by atoms with van der Waals surface area (Å²) in [6, 6.07) is 12.1. The molecule has 0 aliphatic carbocycles. The van der Waals surface area contributed by atoms with Crippen LogP contribution in [0.3, 0.4) is 0 Å². The van der Waals surface area contributed by atoms with Crippen LogP contribution in [0.2, 0.25) is 10.0 Å². The zero-order valence-corrected chi connectivity index (χ0v) is 22.1. The van der Waals surface area contributed by atoms with Gasteiger partial charge in [-0.2, -0.15) is 5.10 Å². The van der Waals surface area contributed by atoms with Gasteiger partial charge in [-0.15, -0.1) is 22.7 Å². The number of aromatic hydroxyl groups is 1. The summed E-state index contributed by atoms with van der Waals surface area (Å²) in [6.45, 7) is 2.14. The molecular formula is C25H20Cl2N4O3S2. The van der Waals surface area contributed by atoms with Crippen LogP contribution in [-0.4, -0.2) is 34.2 Å². The van der Waals surface area contributed by atoms with Crippen LogP contribution in [0.5, 0.6) is 5.75 Å². The predicted molar refractivity (Wildman–Crippen MR) is 146 cm³/mol. The maximum absolute atomic E-state index is 12.6. The number of carbonyl (C=O) groups excluding carboxylic acids is 2. The van der Waals surface area contributed by atoms with Gasteiger partial charge in [0.15, 0.2) is 0 Å². The minimum absolute atomic E-state index is 0.0373. The first-order chi connectivity index (χ1) is 17.3. The van der Waals surface area contributed by atoms with Crippen LogP contribution in [0.1, 0.15) is 37.4 Å². The zero-order chi connectivity index (χ0) is 25.7. The fourth-order valence-corrected chi connectivity index (χ4v) is 5.35. The molecule has 36 heavy (non-hydrogen) atoms. The highest BCUT2D eigenvalue weighted by Crippen LogP contribution is 2.40. The lowest BCUT2D eigenvalue weighted by atomic mass is 10.1. The molecule has 11 heteroatoms. The van der Waals surface area contributed by atoms with Crippen molar-refractivity contribution in [3.05, 3.63) is 91.2 Å². The maximum atomic E-state index is 12.6. The Morgan fingerprint density at radius 3 is 2.58 bits per heavy atom. The normalized spacial score (nSPS) is 11.4. The monoisotopic (exact) mass is 558 g/mol. The molecule has 0 aliphatic heterocycles. The van der Waals surface area contributed by atoms with Gasteiger partial charge in [0.25, 0.3) is 11.8 Å². The molecule has 0 bridgehead atoms. The van der Waals surface area contributed by atoms with Gasteiger partial charge in [-0.3, -0.25) is 14.6 Å². The lowest BCUT2D eigenvalue weighted by molar-refractivity contribution is 0.0951. The van der Waals surface area contributed by atoms with Crippen LogP contribution in [0.4, 0.5) is 0 Å². The molecule has 4 aromatic rings. The molecule has 2 amide bonds. The molecule has 4 rings (SSSR count). The van der Waals surface area contributed by atoms with Crippen LogP contribution in [0.15, 0.2) is 65.3 Å². The molecule has 0 unspecified atom stereocenters. The molecule has 1 aromatic carbocycles. The number of nitrogens with zero attached hydrogens (tertiary/aromatic N) is 2.